The zero-order chi connectivity index (χ0) is 12.0. The predicted octanol–water partition coefficient (Wildman–Crippen LogP) is 1.93. The van der Waals surface area contributed by atoms with E-state index in [4.69, 9.17) is 9.84 Å². The molecule has 0 aliphatic carbocycles. The van der Waals surface area contributed by atoms with Gasteiger partial charge < -0.3 is 14.9 Å². The number of aliphatic hydroxyl groups excluding tert-OH is 2. The molecule has 0 spiro atoms. The summed E-state index contributed by atoms with van der Waals surface area (Å²) >= 11 is 0. The highest BCUT2D eigenvalue weighted by Gasteiger charge is 2.11. The van der Waals surface area contributed by atoms with Crippen molar-refractivity contribution in [3.8, 4) is 5.75 Å². The Morgan fingerprint density at radius 2 is 1.88 bits per heavy atom. The summed E-state index contributed by atoms with van der Waals surface area (Å²) < 4.78 is 5.35. The van der Waals surface area contributed by atoms with E-state index in [9.17, 15) is 5.11 Å². The van der Waals surface area contributed by atoms with Gasteiger partial charge in [-0.05, 0) is 37.0 Å². The lowest BCUT2D eigenvalue weighted by atomic mass is 9.95. The number of rotatable bonds is 6. The molecular formula is C13H20O3. The van der Waals surface area contributed by atoms with Crippen molar-refractivity contribution in [2.75, 3.05) is 13.2 Å². The largest absolute Gasteiger partial charge is 0.494 e. The van der Waals surface area contributed by atoms with E-state index in [2.05, 4.69) is 0 Å². The molecule has 0 radical (unpaired) electrons. The predicted molar refractivity (Wildman–Crippen MR) is 63.7 cm³/mol. The van der Waals surface area contributed by atoms with Gasteiger partial charge in [0.25, 0.3) is 0 Å². The van der Waals surface area contributed by atoms with Gasteiger partial charge >= 0.3 is 0 Å². The molecule has 0 fully saturated rings. The second-order valence-corrected chi connectivity index (χ2v) is 3.98. The molecule has 2 atom stereocenters. The number of aliphatic hydroxyl groups is 2. The highest BCUT2D eigenvalue weighted by Crippen LogP contribution is 2.23. The van der Waals surface area contributed by atoms with Crippen molar-refractivity contribution in [1.82, 2.24) is 0 Å². The molecule has 3 nitrogen and oxygen atoms in total. The van der Waals surface area contributed by atoms with Crippen LogP contribution in [0.25, 0.3) is 0 Å². The zero-order valence-electron chi connectivity index (χ0n) is 9.89. The third-order valence-corrected chi connectivity index (χ3v) is 2.60. The van der Waals surface area contributed by atoms with Crippen LogP contribution in [-0.4, -0.2) is 29.5 Å². The second-order valence-electron chi connectivity index (χ2n) is 3.98. The van der Waals surface area contributed by atoms with Crippen molar-refractivity contribution in [1.29, 1.82) is 0 Å². The van der Waals surface area contributed by atoms with Gasteiger partial charge in [-0.15, -0.1) is 0 Å². The van der Waals surface area contributed by atoms with Crippen LogP contribution in [0.15, 0.2) is 24.3 Å². The maximum absolute atomic E-state index is 9.35. The van der Waals surface area contributed by atoms with Crippen LogP contribution in [0.2, 0.25) is 0 Å². The molecule has 0 aromatic heterocycles. The molecule has 1 aromatic rings. The van der Waals surface area contributed by atoms with Crippen LogP contribution in [0.1, 0.15) is 31.7 Å². The van der Waals surface area contributed by atoms with Crippen molar-refractivity contribution < 1.29 is 14.9 Å². The molecule has 16 heavy (non-hydrogen) atoms. The standard InChI is InChI=1S/C13H20O3/c1-3-16-13-6-4-11(5-7-13)10(2)8-12(15)9-14/h4-7,10,12,14-15H,3,8-9H2,1-2H3. The van der Waals surface area contributed by atoms with Gasteiger partial charge in [0.2, 0.25) is 0 Å². The van der Waals surface area contributed by atoms with Gasteiger partial charge in [-0.1, -0.05) is 19.1 Å². The summed E-state index contributed by atoms with van der Waals surface area (Å²) in [5, 5.41) is 18.1. The molecule has 1 aromatic carbocycles. The highest BCUT2D eigenvalue weighted by atomic mass is 16.5. The summed E-state index contributed by atoms with van der Waals surface area (Å²) in [6, 6.07) is 7.86. The van der Waals surface area contributed by atoms with Gasteiger partial charge in [0.15, 0.2) is 0 Å². The molecule has 0 amide bonds. The molecular weight excluding hydrogens is 204 g/mol. The Morgan fingerprint density at radius 3 is 2.38 bits per heavy atom. The molecule has 1 rings (SSSR count). The van der Waals surface area contributed by atoms with Gasteiger partial charge in [0.1, 0.15) is 5.75 Å². The lowest BCUT2D eigenvalue weighted by Gasteiger charge is -2.15. The first-order valence-electron chi connectivity index (χ1n) is 5.69. The Hall–Kier alpha value is -1.06. The van der Waals surface area contributed by atoms with E-state index in [0.717, 1.165) is 11.3 Å². The SMILES string of the molecule is CCOc1ccc(C(C)CC(O)CO)cc1. The molecule has 90 valence electrons. The monoisotopic (exact) mass is 224 g/mol. The third kappa shape index (κ3) is 3.83. The first-order chi connectivity index (χ1) is 7.67. The molecule has 0 bridgehead atoms. The Kier molecular flexibility index (Phi) is 5.29. The highest BCUT2D eigenvalue weighted by molar-refractivity contribution is 5.29. The number of benzene rings is 1. The Morgan fingerprint density at radius 1 is 1.25 bits per heavy atom. The maximum atomic E-state index is 9.35. The Balaban J connectivity index is 2.59. The van der Waals surface area contributed by atoms with E-state index in [1.54, 1.807) is 0 Å². The summed E-state index contributed by atoms with van der Waals surface area (Å²) in [5.41, 5.74) is 1.15. The fraction of sp³-hybridized carbons (Fsp3) is 0.538. The minimum Gasteiger partial charge on any atom is -0.494 e. The molecule has 0 aliphatic heterocycles. The first-order valence-corrected chi connectivity index (χ1v) is 5.69. The van der Waals surface area contributed by atoms with Crippen molar-refractivity contribution in [3.63, 3.8) is 0 Å². The van der Waals surface area contributed by atoms with E-state index >= 15 is 0 Å². The van der Waals surface area contributed by atoms with E-state index in [1.165, 1.54) is 0 Å². The van der Waals surface area contributed by atoms with Gasteiger partial charge in [0, 0.05) is 0 Å². The summed E-state index contributed by atoms with van der Waals surface area (Å²) in [4.78, 5) is 0. The molecule has 3 heteroatoms. The van der Waals surface area contributed by atoms with E-state index in [-0.39, 0.29) is 12.5 Å². The smallest absolute Gasteiger partial charge is 0.119 e. The van der Waals surface area contributed by atoms with Crippen LogP contribution >= 0.6 is 0 Å². The molecule has 0 saturated carbocycles. The van der Waals surface area contributed by atoms with Gasteiger partial charge in [-0.3, -0.25) is 0 Å². The molecule has 0 saturated heterocycles. The average Bonchev–Trinajstić information content (AvgIpc) is 2.30. The van der Waals surface area contributed by atoms with Gasteiger partial charge in [0.05, 0.1) is 19.3 Å². The second kappa shape index (κ2) is 6.51. The summed E-state index contributed by atoms with van der Waals surface area (Å²) in [6.07, 6.45) is -0.0635. The lowest BCUT2D eigenvalue weighted by molar-refractivity contribution is 0.0835. The van der Waals surface area contributed by atoms with Crippen LogP contribution in [0.4, 0.5) is 0 Å². The maximum Gasteiger partial charge on any atom is 0.119 e. The quantitative estimate of drug-likeness (QED) is 0.776. The molecule has 0 aliphatic rings. The normalized spacial score (nSPS) is 14.5. The van der Waals surface area contributed by atoms with Crippen LogP contribution < -0.4 is 4.74 Å². The summed E-state index contributed by atoms with van der Waals surface area (Å²) in [5.74, 6) is 1.10. The average molecular weight is 224 g/mol. The fourth-order valence-corrected chi connectivity index (χ4v) is 1.68. The van der Waals surface area contributed by atoms with E-state index in [1.807, 2.05) is 38.1 Å². The fourth-order valence-electron chi connectivity index (χ4n) is 1.68. The Bertz CT molecular complexity index is 295. The van der Waals surface area contributed by atoms with Gasteiger partial charge in [-0.25, -0.2) is 0 Å². The number of hydrogen-bond donors (Lipinski definition) is 2. The van der Waals surface area contributed by atoms with Crippen molar-refractivity contribution in [2.24, 2.45) is 0 Å². The summed E-state index contributed by atoms with van der Waals surface area (Å²) in [6.45, 7) is 4.47. The number of ether oxygens (including phenoxy) is 1. The third-order valence-electron chi connectivity index (χ3n) is 2.60. The summed E-state index contributed by atoms with van der Waals surface area (Å²) in [7, 11) is 0. The zero-order valence-corrected chi connectivity index (χ0v) is 9.89. The van der Waals surface area contributed by atoms with Crippen LogP contribution in [0.5, 0.6) is 5.75 Å². The Labute approximate surface area is 96.7 Å². The minimum absolute atomic E-state index is 0.179. The topological polar surface area (TPSA) is 49.7 Å². The first kappa shape index (κ1) is 13.0. The van der Waals surface area contributed by atoms with Crippen LogP contribution in [0.3, 0.4) is 0 Å². The van der Waals surface area contributed by atoms with E-state index < -0.39 is 6.10 Å². The molecule has 2 unspecified atom stereocenters. The minimum atomic E-state index is -0.637. The van der Waals surface area contributed by atoms with Crippen LogP contribution in [0, 0.1) is 0 Å². The lowest BCUT2D eigenvalue weighted by Crippen LogP contribution is -2.14. The van der Waals surface area contributed by atoms with Crippen LogP contribution in [-0.2, 0) is 0 Å². The molecule has 0 heterocycles. The van der Waals surface area contributed by atoms with Crippen molar-refractivity contribution in [3.05, 3.63) is 29.8 Å². The van der Waals surface area contributed by atoms with Gasteiger partial charge in [-0.2, -0.15) is 0 Å². The number of hydrogen-bond acceptors (Lipinski definition) is 3. The van der Waals surface area contributed by atoms with Crippen molar-refractivity contribution in [2.45, 2.75) is 32.3 Å². The van der Waals surface area contributed by atoms with E-state index in [0.29, 0.717) is 13.0 Å². The van der Waals surface area contributed by atoms with Crippen molar-refractivity contribution >= 4 is 0 Å². The molecule has 2 N–H and O–H groups in total.